The highest BCUT2D eigenvalue weighted by atomic mass is 31.2. The van der Waals surface area contributed by atoms with Crippen molar-refractivity contribution < 1.29 is 37.9 Å². The van der Waals surface area contributed by atoms with E-state index in [0.717, 1.165) is 51.4 Å². The summed E-state index contributed by atoms with van der Waals surface area (Å²) in [5, 5.41) is 0. The van der Waals surface area contributed by atoms with Gasteiger partial charge in [0, 0.05) is 12.8 Å². The Bertz CT molecular complexity index is 676. The molecule has 0 spiro atoms. The minimum absolute atomic E-state index is 0.205. The Morgan fingerprint density at radius 1 is 0.625 bits per heavy atom. The van der Waals surface area contributed by atoms with Crippen LogP contribution in [0.3, 0.4) is 0 Å². The number of rotatable bonds is 29. The minimum Gasteiger partial charge on any atom is -0.462 e. The highest BCUT2D eigenvalue weighted by Gasteiger charge is 2.22. The van der Waals surface area contributed by atoms with Crippen LogP contribution in [0.1, 0.15) is 155 Å². The lowest BCUT2D eigenvalue weighted by Crippen LogP contribution is -2.29. The van der Waals surface area contributed by atoms with Crippen LogP contribution in [0.15, 0.2) is 12.2 Å². The smallest absolute Gasteiger partial charge is 0.462 e. The van der Waals surface area contributed by atoms with Crippen molar-refractivity contribution in [3.05, 3.63) is 12.2 Å². The molecule has 0 amide bonds. The summed E-state index contributed by atoms with van der Waals surface area (Å²) >= 11 is 0. The highest BCUT2D eigenvalue weighted by Crippen LogP contribution is 2.35. The summed E-state index contributed by atoms with van der Waals surface area (Å²) in [5.74, 6) is -0.896. The standard InChI is InChI=1S/C31H59O8P/c1-3-5-7-9-11-13-14-15-16-18-20-22-24-26-31(33)39-29(28-38-40(34,35)36)27-37-30(32)25-23-21-19-17-12-10-8-6-4-2/h13-14,29H,3-12,15-28H2,1-2H3,(H2,34,35,36)/b14-13-/t29-/m1/s1. The van der Waals surface area contributed by atoms with Gasteiger partial charge in [-0.15, -0.1) is 0 Å². The Hall–Kier alpha value is -1.21. The molecule has 0 saturated carbocycles. The van der Waals surface area contributed by atoms with Gasteiger partial charge in [0.2, 0.25) is 0 Å². The fraction of sp³-hybridized carbons (Fsp3) is 0.871. The number of phosphoric acid groups is 1. The van der Waals surface area contributed by atoms with Gasteiger partial charge in [-0.25, -0.2) is 4.57 Å². The van der Waals surface area contributed by atoms with E-state index in [4.69, 9.17) is 19.3 Å². The maximum atomic E-state index is 12.3. The van der Waals surface area contributed by atoms with E-state index in [2.05, 4.69) is 30.5 Å². The fourth-order valence-electron chi connectivity index (χ4n) is 4.37. The number of carbonyl (C=O) groups is 2. The summed E-state index contributed by atoms with van der Waals surface area (Å²) in [7, 11) is -4.74. The maximum Gasteiger partial charge on any atom is 0.469 e. The molecule has 0 rings (SSSR count). The minimum atomic E-state index is -4.74. The molecule has 0 fully saturated rings. The Balaban J connectivity index is 4.05. The van der Waals surface area contributed by atoms with Crippen LogP contribution in [0.2, 0.25) is 0 Å². The summed E-state index contributed by atoms with van der Waals surface area (Å²) in [6.45, 7) is 3.61. The van der Waals surface area contributed by atoms with Crippen molar-refractivity contribution in [2.45, 2.75) is 161 Å². The van der Waals surface area contributed by atoms with Gasteiger partial charge >= 0.3 is 19.8 Å². The van der Waals surface area contributed by atoms with Crippen LogP contribution in [0.4, 0.5) is 0 Å². The van der Waals surface area contributed by atoms with Gasteiger partial charge in [-0.05, 0) is 38.5 Å². The van der Waals surface area contributed by atoms with Gasteiger partial charge in [-0.2, -0.15) is 0 Å². The predicted octanol–water partition coefficient (Wildman–Crippen LogP) is 8.73. The van der Waals surface area contributed by atoms with Crippen LogP contribution in [-0.4, -0.2) is 41.0 Å². The normalized spacial score (nSPS) is 12.6. The first-order valence-electron chi connectivity index (χ1n) is 16.0. The molecule has 0 aliphatic heterocycles. The van der Waals surface area contributed by atoms with Gasteiger partial charge in [0.15, 0.2) is 6.10 Å². The molecule has 0 radical (unpaired) electrons. The van der Waals surface area contributed by atoms with Crippen LogP contribution in [0, 0.1) is 0 Å². The summed E-state index contributed by atoms with van der Waals surface area (Å²) in [5.41, 5.74) is 0. The van der Waals surface area contributed by atoms with Crippen LogP contribution in [0.5, 0.6) is 0 Å². The molecule has 0 unspecified atom stereocenters. The van der Waals surface area contributed by atoms with Crippen molar-refractivity contribution in [2.24, 2.45) is 0 Å². The van der Waals surface area contributed by atoms with Gasteiger partial charge in [0.1, 0.15) is 6.61 Å². The third kappa shape index (κ3) is 29.8. The molecule has 0 aliphatic rings. The molecule has 0 aromatic heterocycles. The van der Waals surface area contributed by atoms with E-state index in [1.807, 2.05) is 0 Å². The van der Waals surface area contributed by atoms with Crippen molar-refractivity contribution in [3.63, 3.8) is 0 Å². The summed E-state index contributed by atoms with van der Waals surface area (Å²) in [6, 6.07) is 0. The molecule has 40 heavy (non-hydrogen) atoms. The van der Waals surface area contributed by atoms with E-state index in [1.165, 1.54) is 70.6 Å². The van der Waals surface area contributed by atoms with Gasteiger partial charge in [0.25, 0.3) is 0 Å². The zero-order valence-electron chi connectivity index (χ0n) is 25.5. The quantitative estimate of drug-likeness (QED) is 0.0384. The second-order valence-corrected chi connectivity index (χ2v) is 12.0. The Morgan fingerprint density at radius 2 is 1.05 bits per heavy atom. The number of unbranched alkanes of at least 4 members (excludes halogenated alkanes) is 17. The molecule has 0 aliphatic carbocycles. The largest absolute Gasteiger partial charge is 0.469 e. The molecular formula is C31H59O8P. The number of carbonyl (C=O) groups excluding carboxylic acids is 2. The monoisotopic (exact) mass is 590 g/mol. The van der Waals surface area contributed by atoms with Crippen LogP contribution < -0.4 is 0 Å². The number of phosphoric ester groups is 1. The number of esters is 2. The molecule has 1 atom stereocenters. The average molecular weight is 591 g/mol. The number of hydrogen-bond donors (Lipinski definition) is 2. The fourth-order valence-corrected chi connectivity index (χ4v) is 4.73. The Kier molecular flexibility index (Phi) is 27.1. The lowest BCUT2D eigenvalue weighted by molar-refractivity contribution is -0.161. The zero-order valence-corrected chi connectivity index (χ0v) is 26.4. The van der Waals surface area contributed by atoms with E-state index < -0.39 is 32.5 Å². The Labute approximate surface area is 244 Å². The third-order valence-electron chi connectivity index (χ3n) is 6.78. The topological polar surface area (TPSA) is 119 Å². The molecule has 9 heteroatoms. The van der Waals surface area contributed by atoms with E-state index in [0.29, 0.717) is 6.42 Å². The molecule has 2 N–H and O–H groups in total. The summed E-state index contributed by atoms with van der Waals surface area (Å²) in [4.78, 5) is 42.3. The molecule has 236 valence electrons. The number of ether oxygens (including phenoxy) is 2. The van der Waals surface area contributed by atoms with Crippen molar-refractivity contribution in [1.82, 2.24) is 0 Å². The lowest BCUT2D eigenvalue weighted by Gasteiger charge is -2.18. The van der Waals surface area contributed by atoms with Crippen LogP contribution >= 0.6 is 7.82 Å². The first kappa shape index (κ1) is 38.8. The van der Waals surface area contributed by atoms with E-state index in [1.54, 1.807) is 0 Å². The number of hydrogen-bond acceptors (Lipinski definition) is 6. The van der Waals surface area contributed by atoms with Crippen molar-refractivity contribution in [2.75, 3.05) is 13.2 Å². The molecular weight excluding hydrogens is 531 g/mol. The molecule has 0 aromatic carbocycles. The van der Waals surface area contributed by atoms with Gasteiger partial charge in [-0.1, -0.05) is 116 Å². The zero-order chi connectivity index (χ0) is 29.7. The summed E-state index contributed by atoms with van der Waals surface area (Å²) < 4.78 is 26.1. The third-order valence-corrected chi connectivity index (χ3v) is 7.27. The van der Waals surface area contributed by atoms with Gasteiger partial charge < -0.3 is 19.3 Å². The second-order valence-electron chi connectivity index (χ2n) is 10.8. The van der Waals surface area contributed by atoms with E-state index in [-0.39, 0.29) is 19.4 Å². The average Bonchev–Trinajstić information content (AvgIpc) is 2.91. The van der Waals surface area contributed by atoms with Crippen molar-refractivity contribution >= 4 is 19.8 Å². The SMILES string of the molecule is CCCCCC/C=C\CCCCCCCC(=O)O[C@H](COC(=O)CCCCCCCCCCC)COP(=O)(O)O. The van der Waals surface area contributed by atoms with Crippen molar-refractivity contribution in [1.29, 1.82) is 0 Å². The first-order valence-corrected chi connectivity index (χ1v) is 17.5. The first-order chi connectivity index (χ1) is 19.3. The highest BCUT2D eigenvalue weighted by molar-refractivity contribution is 7.46. The van der Waals surface area contributed by atoms with E-state index >= 15 is 0 Å². The molecule has 0 saturated heterocycles. The van der Waals surface area contributed by atoms with Gasteiger partial charge in [-0.3, -0.25) is 14.1 Å². The van der Waals surface area contributed by atoms with E-state index in [9.17, 15) is 14.2 Å². The molecule has 0 heterocycles. The van der Waals surface area contributed by atoms with Gasteiger partial charge in [0.05, 0.1) is 6.61 Å². The lowest BCUT2D eigenvalue weighted by atomic mass is 10.1. The van der Waals surface area contributed by atoms with Crippen LogP contribution in [0.25, 0.3) is 0 Å². The Morgan fingerprint density at radius 3 is 1.55 bits per heavy atom. The maximum absolute atomic E-state index is 12.3. The molecule has 8 nitrogen and oxygen atoms in total. The van der Waals surface area contributed by atoms with Crippen molar-refractivity contribution in [3.8, 4) is 0 Å². The second kappa shape index (κ2) is 27.9. The number of allylic oxidation sites excluding steroid dienone is 2. The molecule has 0 aromatic rings. The molecule has 0 bridgehead atoms. The summed E-state index contributed by atoms with van der Waals surface area (Å²) in [6.07, 6.45) is 26.5. The predicted molar refractivity (Wildman–Crippen MR) is 161 cm³/mol. The van der Waals surface area contributed by atoms with Crippen LogP contribution in [-0.2, 0) is 28.2 Å².